The first kappa shape index (κ1) is 27.0. The van der Waals surface area contributed by atoms with Crippen molar-refractivity contribution in [1.29, 1.82) is 0 Å². The van der Waals surface area contributed by atoms with Gasteiger partial charge in [0, 0.05) is 31.9 Å². The van der Waals surface area contributed by atoms with Gasteiger partial charge in [0.25, 0.3) is 0 Å². The molecular formula is C29H35NO10. The monoisotopic (exact) mass is 557 g/mol. The highest BCUT2D eigenvalue weighted by molar-refractivity contribution is 5.83. The second-order valence-corrected chi connectivity index (χ2v) is 12.8. The molecule has 6 rings (SSSR count). The number of rotatable bonds is 4. The maximum atomic E-state index is 13.0. The summed E-state index contributed by atoms with van der Waals surface area (Å²) < 4.78 is 34.0. The zero-order valence-corrected chi connectivity index (χ0v) is 23.6. The second-order valence-electron chi connectivity index (χ2n) is 12.8. The van der Waals surface area contributed by atoms with E-state index in [-0.39, 0.29) is 30.4 Å². The highest BCUT2D eigenvalue weighted by Crippen LogP contribution is 2.65. The van der Waals surface area contributed by atoms with Gasteiger partial charge in [-0.3, -0.25) is 4.79 Å². The molecule has 0 radical (unpaired) electrons. The van der Waals surface area contributed by atoms with Crippen LogP contribution in [0.5, 0.6) is 11.5 Å². The van der Waals surface area contributed by atoms with Crippen molar-refractivity contribution in [3.05, 3.63) is 35.1 Å². The van der Waals surface area contributed by atoms with E-state index in [1.807, 2.05) is 13.1 Å². The molecule has 5 atom stereocenters. The number of hydrogen-bond donors (Lipinski definition) is 1. The molecular weight excluding hydrogens is 522 g/mol. The Labute approximate surface area is 232 Å². The molecule has 0 amide bonds. The summed E-state index contributed by atoms with van der Waals surface area (Å²) in [6.45, 7) is 9.10. The van der Waals surface area contributed by atoms with Crippen LogP contribution in [0.2, 0.25) is 0 Å². The summed E-state index contributed by atoms with van der Waals surface area (Å²) in [5, 5.41) is 12.4. The van der Waals surface area contributed by atoms with Crippen LogP contribution in [0.3, 0.4) is 0 Å². The van der Waals surface area contributed by atoms with Crippen molar-refractivity contribution in [2.45, 2.75) is 101 Å². The van der Waals surface area contributed by atoms with Gasteiger partial charge in [-0.15, -0.1) is 0 Å². The number of likely N-dealkylation sites (N-methyl/N-ethyl adjacent to an activating group) is 1. The molecule has 216 valence electrons. The maximum Gasteiger partial charge on any atom is 0.514 e. The lowest BCUT2D eigenvalue weighted by Crippen LogP contribution is -2.74. The molecule has 11 nitrogen and oxygen atoms in total. The predicted molar refractivity (Wildman–Crippen MR) is 138 cm³/mol. The van der Waals surface area contributed by atoms with E-state index < -0.39 is 52.7 Å². The molecule has 2 bridgehead atoms. The molecule has 1 N–H and O–H groups in total. The average Bonchev–Trinajstić information content (AvgIpc) is 3.30. The van der Waals surface area contributed by atoms with Gasteiger partial charge in [-0.1, -0.05) is 6.07 Å². The van der Waals surface area contributed by atoms with Gasteiger partial charge in [-0.2, -0.15) is 0 Å². The number of nitrogens with zero attached hydrogens (tertiary/aromatic N) is 1. The molecule has 40 heavy (non-hydrogen) atoms. The van der Waals surface area contributed by atoms with E-state index >= 15 is 0 Å². The van der Waals surface area contributed by atoms with Crippen LogP contribution in [0, 0.1) is 0 Å². The maximum absolute atomic E-state index is 13.0. The Morgan fingerprint density at radius 1 is 1.20 bits per heavy atom. The largest absolute Gasteiger partial charge is 0.514 e. The zero-order chi connectivity index (χ0) is 28.8. The molecule has 2 aliphatic carbocycles. The van der Waals surface area contributed by atoms with Gasteiger partial charge in [0.15, 0.2) is 23.7 Å². The molecule has 2 saturated heterocycles. The van der Waals surface area contributed by atoms with Gasteiger partial charge in [0.05, 0.1) is 17.4 Å². The highest BCUT2D eigenvalue weighted by atomic mass is 16.8. The molecule has 2 fully saturated rings. The second kappa shape index (κ2) is 8.67. The summed E-state index contributed by atoms with van der Waals surface area (Å²) in [5.41, 5.74) is -1.15. The van der Waals surface area contributed by atoms with E-state index in [2.05, 4.69) is 4.90 Å². The van der Waals surface area contributed by atoms with Gasteiger partial charge in [-0.05, 0) is 64.9 Å². The summed E-state index contributed by atoms with van der Waals surface area (Å²) in [7, 11) is 1.99. The first-order valence-corrected chi connectivity index (χ1v) is 13.6. The SMILES string of the molecule is CN1CC[C@]23c4c5ccc(OC(=O)OC(C)(C)C)c4O[C@H]2C(OC(=O)C[C@H]2OC(C)(C)OC2=O)=CC[C@@]3(O)[C@H]1C5. The lowest BCUT2D eigenvalue weighted by Gasteiger charge is -2.61. The molecule has 5 aliphatic rings. The molecule has 0 unspecified atom stereocenters. The molecule has 1 spiro atoms. The summed E-state index contributed by atoms with van der Waals surface area (Å²) in [5.74, 6) is -1.68. The number of likely N-dealkylation sites (tertiary alicyclic amines) is 1. The predicted octanol–water partition coefficient (Wildman–Crippen LogP) is 2.89. The smallest absolute Gasteiger partial charge is 0.477 e. The Morgan fingerprint density at radius 3 is 2.62 bits per heavy atom. The van der Waals surface area contributed by atoms with Crippen molar-refractivity contribution in [2.24, 2.45) is 0 Å². The van der Waals surface area contributed by atoms with Crippen molar-refractivity contribution < 1.29 is 47.9 Å². The van der Waals surface area contributed by atoms with Crippen molar-refractivity contribution in [3.8, 4) is 11.5 Å². The first-order valence-electron chi connectivity index (χ1n) is 13.6. The minimum absolute atomic E-state index is 0.173. The molecule has 1 aromatic carbocycles. The number of esters is 2. The number of cyclic esters (lactones) is 1. The van der Waals surface area contributed by atoms with Gasteiger partial charge >= 0.3 is 18.1 Å². The minimum Gasteiger partial charge on any atom is -0.477 e. The fraction of sp³-hybridized carbons (Fsp3) is 0.621. The zero-order valence-electron chi connectivity index (χ0n) is 23.6. The molecule has 0 aromatic heterocycles. The van der Waals surface area contributed by atoms with E-state index in [0.29, 0.717) is 25.1 Å². The van der Waals surface area contributed by atoms with Crippen LogP contribution in [0.15, 0.2) is 24.0 Å². The minimum atomic E-state index is -1.22. The Balaban J connectivity index is 1.35. The van der Waals surface area contributed by atoms with Crippen LogP contribution in [-0.2, 0) is 40.4 Å². The number of ether oxygens (including phenoxy) is 6. The Hall–Kier alpha value is -3.15. The number of aliphatic hydroxyl groups is 1. The number of carbonyl (C=O) groups is 3. The van der Waals surface area contributed by atoms with E-state index in [1.54, 1.807) is 46.8 Å². The number of benzene rings is 1. The standard InChI is InChI=1S/C29H35NO10/c1-26(2,3)40-25(33)36-16-8-7-15-13-19-29(34)10-9-17(35-20(31)14-18-24(32)39-27(4,5)38-18)23-28(29,11-12-30(19)6)21(15)22(16)37-23/h7-9,18-19,23,34H,10-14H2,1-6H3/t18-,19-,23+,28+,29-/m1/s1. The van der Waals surface area contributed by atoms with E-state index in [9.17, 15) is 19.5 Å². The van der Waals surface area contributed by atoms with Crippen LogP contribution in [0.1, 0.15) is 65.0 Å². The quantitative estimate of drug-likeness (QED) is 0.333. The van der Waals surface area contributed by atoms with Crippen LogP contribution in [0.4, 0.5) is 4.79 Å². The Bertz CT molecular complexity index is 1330. The fourth-order valence-electron chi connectivity index (χ4n) is 7.04. The van der Waals surface area contributed by atoms with E-state index in [0.717, 1.165) is 11.1 Å². The van der Waals surface area contributed by atoms with Crippen LogP contribution < -0.4 is 9.47 Å². The van der Waals surface area contributed by atoms with Gasteiger partial charge < -0.3 is 38.4 Å². The summed E-state index contributed by atoms with van der Waals surface area (Å²) in [6.07, 6.45) is -0.104. The van der Waals surface area contributed by atoms with E-state index in [4.69, 9.17) is 28.4 Å². The topological polar surface area (TPSA) is 130 Å². The van der Waals surface area contributed by atoms with Gasteiger partial charge in [-0.25, -0.2) is 9.59 Å². The Kier molecular flexibility index (Phi) is 5.86. The summed E-state index contributed by atoms with van der Waals surface area (Å²) >= 11 is 0. The molecule has 11 heteroatoms. The first-order chi connectivity index (χ1) is 18.6. The van der Waals surface area contributed by atoms with Crippen molar-refractivity contribution in [3.63, 3.8) is 0 Å². The van der Waals surface area contributed by atoms with Gasteiger partial charge in [0.2, 0.25) is 5.79 Å². The third-order valence-corrected chi connectivity index (χ3v) is 8.54. The Morgan fingerprint density at radius 2 is 1.95 bits per heavy atom. The number of hydrogen-bond acceptors (Lipinski definition) is 11. The lowest BCUT2D eigenvalue weighted by molar-refractivity contribution is -0.171. The van der Waals surface area contributed by atoms with Gasteiger partial charge in [0.1, 0.15) is 11.4 Å². The third kappa shape index (κ3) is 4.01. The normalized spacial score (nSPS) is 33.3. The molecule has 3 aliphatic heterocycles. The molecule has 1 aromatic rings. The lowest BCUT2D eigenvalue weighted by atomic mass is 9.50. The highest BCUT2D eigenvalue weighted by Gasteiger charge is 2.72. The van der Waals surface area contributed by atoms with Crippen molar-refractivity contribution >= 4 is 18.1 Å². The fourth-order valence-corrected chi connectivity index (χ4v) is 7.04. The summed E-state index contributed by atoms with van der Waals surface area (Å²) in [4.78, 5) is 40.0. The number of piperidine rings is 1. The van der Waals surface area contributed by atoms with Crippen molar-refractivity contribution in [1.82, 2.24) is 4.90 Å². The van der Waals surface area contributed by atoms with Crippen molar-refractivity contribution in [2.75, 3.05) is 13.6 Å². The van der Waals surface area contributed by atoms with Crippen LogP contribution >= 0.6 is 0 Å². The van der Waals surface area contributed by atoms with Crippen LogP contribution in [0.25, 0.3) is 0 Å². The third-order valence-electron chi connectivity index (χ3n) is 8.54. The van der Waals surface area contributed by atoms with E-state index in [1.165, 1.54) is 0 Å². The van der Waals surface area contributed by atoms with Crippen LogP contribution in [-0.4, -0.2) is 76.9 Å². The molecule has 0 saturated carbocycles. The number of carbonyl (C=O) groups excluding carboxylic acids is 3. The average molecular weight is 558 g/mol. The summed E-state index contributed by atoms with van der Waals surface area (Å²) in [6, 6.07) is 3.37. The molecule has 3 heterocycles.